The van der Waals surface area contributed by atoms with Gasteiger partial charge < -0.3 is 18.8 Å². The van der Waals surface area contributed by atoms with Crippen LogP contribution in [0.2, 0.25) is 0 Å². The highest BCUT2D eigenvalue weighted by Gasteiger charge is 2.22. The standard InChI is InChI=1S/C21H27NO5/c1-4-22(12-15-9-10-26-13-15)20(23)8-7-18-14(2)17-6-5-16(25-3)11-19(17)27-21(18)24/h5-6,11,15H,4,7-10,12-13H2,1-3H3/t15-/m1/s1. The van der Waals surface area contributed by atoms with Gasteiger partial charge in [0.25, 0.3) is 0 Å². The van der Waals surface area contributed by atoms with Gasteiger partial charge in [0.1, 0.15) is 11.3 Å². The third-order valence-corrected chi connectivity index (χ3v) is 5.32. The Morgan fingerprint density at radius 2 is 2.19 bits per heavy atom. The van der Waals surface area contributed by atoms with Crippen LogP contribution in [0, 0.1) is 12.8 Å². The van der Waals surface area contributed by atoms with Crippen molar-refractivity contribution in [1.82, 2.24) is 4.90 Å². The van der Waals surface area contributed by atoms with Crippen molar-refractivity contribution < 1.29 is 18.7 Å². The van der Waals surface area contributed by atoms with Crippen LogP contribution in [0.15, 0.2) is 27.4 Å². The molecule has 6 nitrogen and oxygen atoms in total. The largest absolute Gasteiger partial charge is 0.497 e. The fourth-order valence-electron chi connectivity index (χ4n) is 3.63. The van der Waals surface area contributed by atoms with Gasteiger partial charge >= 0.3 is 5.63 Å². The van der Waals surface area contributed by atoms with Crippen molar-refractivity contribution >= 4 is 16.9 Å². The SMILES string of the molecule is CCN(C[C@H]1CCOC1)C(=O)CCc1c(C)c2ccc(OC)cc2oc1=O. The van der Waals surface area contributed by atoms with E-state index in [-0.39, 0.29) is 11.5 Å². The molecule has 0 saturated carbocycles. The van der Waals surface area contributed by atoms with E-state index < -0.39 is 0 Å². The maximum atomic E-state index is 12.6. The van der Waals surface area contributed by atoms with E-state index in [2.05, 4.69) is 0 Å². The molecule has 1 aliphatic heterocycles. The Hall–Kier alpha value is -2.34. The van der Waals surface area contributed by atoms with Crippen molar-refractivity contribution in [2.24, 2.45) is 5.92 Å². The molecule has 146 valence electrons. The summed E-state index contributed by atoms with van der Waals surface area (Å²) in [6, 6.07) is 5.43. The number of carbonyl (C=O) groups excluding carboxylic acids is 1. The van der Waals surface area contributed by atoms with E-state index in [1.165, 1.54) is 0 Å². The van der Waals surface area contributed by atoms with Crippen LogP contribution in [0.1, 0.15) is 30.9 Å². The lowest BCUT2D eigenvalue weighted by Crippen LogP contribution is -2.35. The molecule has 0 radical (unpaired) electrons. The van der Waals surface area contributed by atoms with Crippen molar-refractivity contribution in [2.45, 2.75) is 33.1 Å². The Labute approximate surface area is 159 Å². The zero-order chi connectivity index (χ0) is 19.4. The number of aryl methyl sites for hydroxylation is 1. The van der Waals surface area contributed by atoms with Crippen molar-refractivity contribution in [3.63, 3.8) is 0 Å². The molecule has 0 unspecified atom stereocenters. The van der Waals surface area contributed by atoms with E-state index >= 15 is 0 Å². The number of carbonyl (C=O) groups is 1. The molecule has 27 heavy (non-hydrogen) atoms. The normalized spacial score (nSPS) is 16.6. The Morgan fingerprint density at radius 1 is 1.37 bits per heavy atom. The van der Waals surface area contributed by atoms with Crippen LogP contribution < -0.4 is 10.4 Å². The van der Waals surface area contributed by atoms with E-state index in [1.807, 2.05) is 30.9 Å². The van der Waals surface area contributed by atoms with Crippen molar-refractivity contribution in [3.8, 4) is 5.75 Å². The molecule has 3 rings (SSSR count). The molecule has 1 amide bonds. The first-order chi connectivity index (χ1) is 13.0. The molecule has 1 aromatic heterocycles. The van der Waals surface area contributed by atoms with Crippen LogP contribution in [-0.2, 0) is 16.0 Å². The van der Waals surface area contributed by atoms with E-state index in [0.29, 0.717) is 42.2 Å². The van der Waals surface area contributed by atoms with Gasteiger partial charge in [-0.05, 0) is 44.4 Å². The van der Waals surface area contributed by atoms with Crippen LogP contribution in [0.5, 0.6) is 5.75 Å². The summed E-state index contributed by atoms with van der Waals surface area (Å²) in [5.74, 6) is 1.12. The van der Waals surface area contributed by atoms with E-state index in [0.717, 1.165) is 37.1 Å². The second-order valence-corrected chi connectivity index (χ2v) is 7.02. The highest BCUT2D eigenvalue weighted by Crippen LogP contribution is 2.24. The minimum atomic E-state index is -0.381. The minimum absolute atomic E-state index is 0.0676. The summed E-state index contributed by atoms with van der Waals surface area (Å²) in [5, 5.41) is 0.869. The minimum Gasteiger partial charge on any atom is -0.497 e. The third kappa shape index (κ3) is 4.33. The van der Waals surface area contributed by atoms with E-state index in [9.17, 15) is 9.59 Å². The number of rotatable bonds is 7. The average Bonchev–Trinajstić information content (AvgIpc) is 3.18. The maximum Gasteiger partial charge on any atom is 0.339 e. The maximum absolute atomic E-state index is 12.6. The number of ether oxygens (including phenoxy) is 2. The number of hydrogen-bond donors (Lipinski definition) is 0. The zero-order valence-electron chi connectivity index (χ0n) is 16.2. The predicted molar refractivity (Wildman–Crippen MR) is 103 cm³/mol. The lowest BCUT2D eigenvalue weighted by molar-refractivity contribution is -0.131. The van der Waals surface area contributed by atoms with Crippen LogP contribution in [-0.4, -0.2) is 44.2 Å². The van der Waals surface area contributed by atoms with Gasteiger partial charge in [-0.3, -0.25) is 4.79 Å². The molecule has 0 spiro atoms. The van der Waals surface area contributed by atoms with Gasteiger partial charge in [-0.15, -0.1) is 0 Å². The van der Waals surface area contributed by atoms with E-state index in [1.54, 1.807) is 13.2 Å². The summed E-state index contributed by atoms with van der Waals surface area (Å²) < 4.78 is 16.0. The summed E-state index contributed by atoms with van der Waals surface area (Å²) in [5.41, 5.74) is 1.56. The van der Waals surface area contributed by atoms with Crippen LogP contribution in [0.3, 0.4) is 0 Å². The Balaban J connectivity index is 1.73. The molecular weight excluding hydrogens is 346 g/mol. The van der Waals surface area contributed by atoms with Crippen LogP contribution in [0.25, 0.3) is 11.0 Å². The highest BCUT2D eigenvalue weighted by molar-refractivity contribution is 5.82. The van der Waals surface area contributed by atoms with Gasteiger partial charge in [-0.2, -0.15) is 0 Å². The molecule has 0 aliphatic carbocycles. The Kier molecular flexibility index (Phi) is 6.16. The Morgan fingerprint density at radius 3 is 2.85 bits per heavy atom. The molecule has 1 saturated heterocycles. The average molecular weight is 373 g/mol. The van der Waals surface area contributed by atoms with Gasteiger partial charge in [-0.1, -0.05) is 0 Å². The molecule has 1 atom stereocenters. The summed E-state index contributed by atoms with van der Waals surface area (Å²) in [4.78, 5) is 26.9. The second kappa shape index (κ2) is 8.57. The van der Waals surface area contributed by atoms with Gasteiger partial charge in [0, 0.05) is 49.1 Å². The Bertz CT molecular complexity index is 867. The quantitative estimate of drug-likeness (QED) is 0.698. The summed E-state index contributed by atoms with van der Waals surface area (Å²) in [6.07, 6.45) is 1.68. The lowest BCUT2D eigenvalue weighted by Gasteiger charge is -2.23. The number of hydrogen-bond acceptors (Lipinski definition) is 5. The summed E-state index contributed by atoms with van der Waals surface area (Å²) in [6.45, 7) is 6.77. The highest BCUT2D eigenvalue weighted by atomic mass is 16.5. The van der Waals surface area contributed by atoms with Gasteiger partial charge in [0.2, 0.25) is 5.91 Å². The number of nitrogens with zero attached hydrogens (tertiary/aromatic N) is 1. The molecule has 2 heterocycles. The number of methoxy groups -OCH3 is 1. The van der Waals surface area contributed by atoms with Crippen molar-refractivity contribution in [1.29, 1.82) is 0 Å². The summed E-state index contributed by atoms with van der Waals surface area (Å²) >= 11 is 0. The van der Waals surface area contributed by atoms with E-state index in [4.69, 9.17) is 13.9 Å². The molecule has 1 aliphatic rings. The van der Waals surface area contributed by atoms with Crippen molar-refractivity contribution in [3.05, 3.63) is 39.7 Å². The number of benzene rings is 1. The monoisotopic (exact) mass is 373 g/mol. The third-order valence-electron chi connectivity index (χ3n) is 5.32. The first-order valence-electron chi connectivity index (χ1n) is 9.49. The molecule has 6 heteroatoms. The second-order valence-electron chi connectivity index (χ2n) is 7.02. The molecule has 2 aromatic rings. The molecular formula is C21H27NO5. The topological polar surface area (TPSA) is 69.0 Å². The first-order valence-corrected chi connectivity index (χ1v) is 9.49. The molecule has 0 N–H and O–H groups in total. The lowest BCUT2D eigenvalue weighted by atomic mass is 10.0. The summed E-state index contributed by atoms with van der Waals surface area (Å²) in [7, 11) is 1.57. The van der Waals surface area contributed by atoms with Crippen molar-refractivity contribution in [2.75, 3.05) is 33.4 Å². The molecule has 1 aromatic carbocycles. The number of amides is 1. The van der Waals surface area contributed by atoms with Crippen LogP contribution in [0.4, 0.5) is 0 Å². The van der Waals surface area contributed by atoms with Gasteiger partial charge in [-0.25, -0.2) is 4.79 Å². The van der Waals surface area contributed by atoms with Gasteiger partial charge in [0.05, 0.1) is 13.7 Å². The molecule has 1 fully saturated rings. The first kappa shape index (κ1) is 19.4. The predicted octanol–water partition coefficient (Wildman–Crippen LogP) is 2.93. The zero-order valence-corrected chi connectivity index (χ0v) is 16.2. The smallest absolute Gasteiger partial charge is 0.339 e. The fourth-order valence-corrected chi connectivity index (χ4v) is 3.63. The number of fused-ring (bicyclic) bond motifs is 1. The van der Waals surface area contributed by atoms with Crippen LogP contribution >= 0.6 is 0 Å². The molecule has 0 bridgehead atoms. The fraction of sp³-hybridized carbons (Fsp3) is 0.524. The van der Waals surface area contributed by atoms with Gasteiger partial charge in [0.15, 0.2) is 0 Å².